The molecule has 17 heavy (non-hydrogen) atoms. The molecule has 1 amide bonds. The second-order valence-corrected chi connectivity index (χ2v) is 4.42. The zero-order valence-electron chi connectivity index (χ0n) is 9.00. The highest BCUT2D eigenvalue weighted by Crippen LogP contribution is 2.24. The van der Waals surface area contributed by atoms with Crippen molar-refractivity contribution in [3.63, 3.8) is 0 Å². The lowest BCUT2D eigenvalue weighted by molar-refractivity contribution is -0.121. The SMILES string of the molecule is NC1(C(=O)Nc2cccc(Cl)c2F)CCOC1. The fourth-order valence-corrected chi connectivity index (χ4v) is 1.78. The van der Waals surface area contributed by atoms with E-state index in [4.69, 9.17) is 22.1 Å². The van der Waals surface area contributed by atoms with E-state index in [0.29, 0.717) is 13.0 Å². The van der Waals surface area contributed by atoms with E-state index in [2.05, 4.69) is 5.32 Å². The highest BCUT2D eigenvalue weighted by Gasteiger charge is 2.38. The topological polar surface area (TPSA) is 64.4 Å². The predicted molar refractivity (Wildman–Crippen MR) is 62.4 cm³/mol. The maximum Gasteiger partial charge on any atom is 0.247 e. The van der Waals surface area contributed by atoms with Gasteiger partial charge in [-0.3, -0.25) is 4.79 Å². The molecule has 0 aromatic heterocycles. The molecular formula is C11H12ClFN2O2. The molecule has 1 aliphatic rings. The molecule has 3 N–H and O–H groups in total. The summed E-state index contributed by atoms with van der Waals surface area (Å²) in [5.74, 6) is -1.12. The highest BCUT2D eigenvalue weighted by molar-refractivity contribution is 6.31. The summed E-state index contributed by atoms with van der Waals surface area (Å²) in [5, 5.41) is 2.39. The van der Waals surface area contributed by atoms with Crippen molar-refractivity contribution in [2.75, 3.05) is 18.5 Å². The van der Waals surface area contributed by atoms with Crippen LogP contribution in [0.2, 0.25) is 5.02 Å². The van der Waals surface area contributed by atoms with Gasteiger partial charge in [-0.25, -0.2) is 4.39 Å². The lowest BCUT2D eigenvalue weighted by Crippen LogP contribution is -2.51. The first-order valence-corrected chi connectivity index (χ1v) is 5.53. The number of halogens is 2. The number of rotatable bonds is 2. The van der Waals surface area contributed by atoms with Crippen molar-refractivity contribution in [3.05, 3.63) is 29.0 Å². The number of amides is 1. The van der Waals surface area contributed by atoms with E-state index in [1.165, 1.54) is 12.1 Å². The standard InChI is InChI=1S/C11H12ClFN2O2/c12-7-2-1-3-8(9(7)13)15-10(16)11(14)4-5-17-6-11/h1-3H,4-6,14H2,(H,15,16). The molecule has 1 atom stereocenters. The summed E-state index contributed by atoms with van der Waals surface area (Å²) < 4.78 is 18.6. The van der Waals surface area contributed by atoms with Gasteiger partial charge < -0.3 is 15.8 Å². The predicted octanol–water partition coefficient (Wildman–Crippen LogP) is 1.54. The van der Waals surface area contributed by atoms with Crippen LogP contribution < -0.4 is 11.1 Å². The van der Waals surface area contributed by atoms with E-state index in [9.17, 15) is 9.18 Å². The van der Waals surface area contributed by atoms with Gasteiger partial charge in [-0.2, -0.15) is 0 Å². The van der Waals surface area contributed by atoms with Crippen LogP contribution in [0.15, 0.2) is 18.2 Å². The first-order valence-electron chi connectivity index (χ1n) is 5.15. The molecule has 1 aliphatic heterocycles. The summed E-state index contributed by atoms with van der Waals surface area (Å²) >= 11 is 5.61. The van der Waals surface area contributed by atoms with E-state index < -0.39 is 17.3 Å². The lowest BCUT2D eigenvalue weighted by atomic mass is 9.99. The molecule has 1 aromatic rings. The summed E-state index contributed by atoms with van der Waals surface area (Å²) in [6.07, 6.45) is 0.418. The number of anilines is 1. The van der Waals surface area contributed by atoms with Crippen LogP contribution in [0, 0.1) is 5.82 Å². The summed E-state index contributed by atoms with van der Waals surface area (Å²) in [6, 6.07) is 4.39. The summed E-state index contributed by atoms with van der Waals surface area (Å²) in [7, 11) is 0. The average Bonchev–Trinajstić information content (AvgIpc) is 2.73. The number of hydrogen-bond donors (Lipinski definition) is 2. The molecule has 92 valence electrons. The first kappa shape index (κ1) is 12.3. The number of ether oxygens (including phenoxy) is 1. The van der Waals surface area contributed by atoms with Crippen molar-refractivity contribution < 1.29 is 13.9 Å². The second kappa shape index (κ2) is 4.60. The third-order valence-electron chi connectivity index (χ3n) is 2.70. The van der Waals surface area contributed by atoms with Crippen LogP contribution in [-0.4, -0.2) is 24.7 Å². The molecule has 1 heterocycles. The van der Waals surface area contributed by atoms with Crippen molar-refractivity contribution >= 4 is 23.2 Å². The van der Waals surface area contributed by atoms with Gasteiger partial charge in [0.25, 0.3) is 0 Å². The minimum atomic E-state index is -1.09. The maximum atomic E-state index is 13.6. The molecule has 0 saturated carbocycles. The summed E-state index contributed by atoms with van der Waals surface area (Å²) in [5.41, 5.74) is 4.78. The average molecular weight is 259 g/mol. The highest BCUT2D eigenvalue weighted by atomic mass is 35.5. The molecule has 1 fully saturated rings. The molecule has 1 unspecified atom stereocenters. The Morgan fingerprint density at radius 2 is 2.35 bits per heavy atom. The van der Waals surface area contributed by atoms with E-state index in [1.54, 1.807) is 6.07 Å². The van der Waals surface area contributed by atoms with Crippen LogP contribution in [0.5, 0.6) is 0 Å². The number of hydrogen-bond acceptors (Lipinski definition) is 3. The van der Waals surface area contributed by atoms with Crippen molar-refractivity contribution in [1.29, 1.82) is 0 Å². The van der Waals surface area contributed by atoms with Gasteiger partial charge in [0, 0.05) is 6.61 Å². The molecule has 1 aromatic carbocycles. The Bertz CT molecular complexity index is 447. The smallest absolute Gasteiger partial charge is 0.247 e. The van der Waals surface area contributed by atoms with Crippen molar-refractivity contribution in [1.82, 2.24) is 0 Å². The number of nitrogens with two attached hydrogens (primary N) is 1. The largest absolute Gasteiger partial charge is 0.379 e. The third kappa shape index (κ3) is 2.41. The van der Waals surface area contributed by atoms with E-state index >= 15 is 0 Å². The number of nitrogens with one attached hydrogen (secondary N) is 1. The van der Waals surface area contributed by atoms with E-state index in [0.717, 1.165) is 0 Å². The quantitative estimate of drug-likeness (QED) is 0.846. The van der Waals surface area contributed by atoms with Gasteiger partial charge >= 0.3 is 0 Å². The van der Waals surface area contributed by atoms with Crippen molar-refractivity contribution in [2.24, 2.45) is 5.73 Å². The van der Waals surface area contributed by atoms with Crippen molar-refractivity contribution in [3.8, 4) is 0 Å². The second-order valence-electron chi connectivity index (χ2n) is 4.01. The Labute approximate surface area is 103 Å². The molecule has 1 saturated heterocycles. The van der Waals surface area contributed by atoms with Gasteiger partial charge in [0.2, 0.25) is 5.91 Å². The van der Waals surface area contributed by atoms with Gasteiger partial charge in [-0.05, 0) is 18.6 Å². The molecule has 0 bridgehead atoms. The molecule has 0 radical (unpaired) electrons. The summed E-state index contributed by atoms with van der Waals surface area (Å²) in [6.45, 7) is 0.572. The maximum absolute atomic E-state index is 13.6. The normalized spacial score (nSPS) is 23.7. The van der Waals surface area contributed by atoms with Gasteiger partial charge in [0.05, 0.1) is 17.3 Å². The third-order valence-corrected chi connectivity index (χ3v) is 3.00. The van der Waals surface area contributed by atoms with Crippen LogP contribution in [0.4, 0.5) is 10.1 Å². The van der Waals surface area contributed by atoms with Crippen LogP contribution in [0.25, 0.3) is 0 Å². The van der Waals surface area contributed by atoms with Crippen LogP contribution >= 0.6 is 11.6 Å². The number of carbonyl (C=O) groups excluding carboxylic acids is 1. The first-order chi connectivity index (χ1) is 8.03. The molecular weight excluding hydrogens is 247 g/mol. The lowest BCUT2D eigenvalue weighted by Gasteiger charge is -2.20. The van der Waals surface area contributed by atoms with Crippen LogP contribution in [0.3, 0.4) is 0 Å². The molecule has 0 aliphatic carbocycles. The Morgan fingerprint density at radius 3 is 3.00 bits per heavy atom. The molecule has 2 rings (SSSR count). The van der Waals surface area contributed by atoms with Gasteiger partial charge in [0.15, 0.2) is 5.82 Å². The molecule has 6 heteroatoms. The Morgan fingerprint density at radius 1 is 1.59 bits per heavy atom. The zero-order valence-corrected chi connectivity index (χ0v) is 9.76. The van der Waals surface area contributed by atoms with Gasteiger partial charge in [-0.15, -0.1) is 0 Å². The van der Waals surface area contributed by atoms with Crippen LogP contribution in [0.1, 0.15) is 6.42 Å². The van der Waals surface area contributed by atoms with E-state index in [1.807, 2.05) is 0 Å². The minimum Gasteiger partial charge on any atom is -0.379 e. The Balaban J connectivity index is 2.16. The fourth-order valence-electron chi connectivity index (χ4n) is 1.61. The zero-order chi connectivity index (χ0) is 12.5. The minimum absolute atomic E-state index is 0.0271. The number of carbonyl (C=O) groups is 1. The number of benzene rings is 1. The van der Waals surface area contributed by atoms with Crippen molar-refractivity contribution in [2.45, 2.75) is 12.0 Å². The van der Waals surface area contributed by atoms with Gasteiger partial charge in [-0.1, -0.05) is 17.7 Å². The van der Waals surface area contributed by atoms with E-state index in [-0.39, 0.29) is 17.3 Å². The van der Waals surface area contributed by atoms with Crippen LogP contribution in [-0.2, 0) is 9.53 Å². The summed E-state index contributed by atoms with van der Waals surface area (Å²) in [4.78, 5) is 11.9. The monoisotopic (exact) mass is 258 g/mol. The Hall–Kier alpha value is -1.17. The molecule has 0 spiro atoms. The van der Waals surface area contributed by atoms with Gasteiger partial charge in [0.1, 0.15) is 5.54 Å². The molecule has 4 nitrogen and oxygen atoms in total. The Kier molecular flexibility index (Phi) is 3.33. The fraction of sp³-hybridized carbons (Fsp3) is 0.364.